The lowest BCUT2D eigenvalue weighted by molar-refractivity contribution is -0.117. The molecule has 7 heteroatoms. The smallest absolute Gasteiger partial charge is 0.263 e. The van der Waals surface area contributed by atoms with Crippen molar-refractivity contribution in [2.24, 2.45) is 0 Å². The Morgan fingerprint density at radius 2 is 2.00 bits per heavy atom. The van der Waals surface area contributed by atoms with Gasteiger partial charge in [0.15, 0.2) is 11.5 Å². The highest BCUT2D eigenvalue weighted by Gasteiger charge is 2.20. The van der Waals surface area contributed by atoms with Gasteiger partial charge in [-0.1, -0.05) is 24.3 Å². The van der Waals surface area contributed by atoms with Crippen molar-refractivity contribution >= 4 is 5.91 Å². The van der Waals surface area contributed by atoms with E-state index in [4.69, 9.17) is 14.2 Å². The van der Waals surface area contributed by atoms with Crippen LogP contribution in [0.25, 0.3) is 0 Å². The lowest BCUT2D eigenvalue weighted by atomic mass is 10.2. The van der Waals surface area contributed by atoms with E-state index < -0.39 is 5.91 Å². The molecule has 7 nitrogen and oxygen atoms in total. The van der Waals surface area contributed by atoms with E-state index >= 15 is 0 Å². The standard InChI is InChI=1S/C21H21N3O4/c1-26-17-8-6-15(7-9-17)11-24-21(25)16(10-22)12-23-13-18-14-27-19-4-2-3-5-20(19)28-18/h2-9,12,18,23H,11,13-14H2,1H3,(H,24,25)/b16-12-. The first-order valence-electron chi connectivity index (χ1n) is 8.83. The Balaban J connectivity index is 1.48. The molecule has 0 saturated heterocycles. The minimum Gasteiger partial charge on any atom is -0.497 e. The van der Waals surface area contributed by atoms with Gasteiger partial charge in [-0.25, -0.2) is 0 Å². The molecule has 2 N–H and O–H groups in total. The van der Waals surface area contributed by atoms with Crippen LogP contribution in [0, 0.1) is 11.3 Å². The highest BCUT2D eigenvalue weighted by molar-refractivity contribution is 5.97. The zero-order chi connectivity index (χ0) is 19.8. The number of nitrogens with zero attached hydrogens (tertiary/aromatic N) is 1. The first-order chi connectivity index (χ1) is 13.7. The molecule has 3 rings (SSSR count). The summed E-state index contributed by atoms with van der Waals surface area (Å²) < 4.78 is 16.6. The lowest BCUT2D eigenvalue weighted by Crippen LogP contribution is -2.37. The van der Waals surface area contributed by atoms with Gasteiger partial charge in [-0.05, 0) is 29.8 Å². The molecule has 1 atom stereocenters. The molecule has 0 bridgehead atoms. The average molecular weight is 379 g/mol. The van der Waals surface area contributed by atoms with Gasteiger partial charge < -0.3 is 24.8 Å². The molecule has 1 amide bonds. The monoisotopic (exact) mass is 379 g/mol. The predicted octanol–water partition coefficient (Wildman–Crippen LogP) is 2.15. The summed E-state index contributed by atoms with van der Waals surface area (Å²) in [5, 5.41) is 14.9. The van der Waals surface area contributed by atoms with E-state index in [0.29, 0.717) is 31.2 Å². The van der Waals surface area contributed by atoms with Crippen molar-refractivity contribution in [3.05, 3.63) is 65.9 Å². The number of hydrogen-bond acceptors (Lipinski definition) is 6. The molecular formula is C21H21N3O4. The van der Waals surface area contributed by atoms with Crippen molar-refractivity contribution in [3.8, 4) is 23.3 Å². The third kappa shape index (κ3) is 4.95. The SMILES string of the molecule is COc1ccc(CNC(=O)/C(C#N)=C\NCC2COc3ccccc3O2)cc1. The van der Waals surface area contributed by atoms with E-state index in [9.17, 15) is 10.1 Å². The minimum absolute atomic E-state index is 0.00867. The van der Waals surface area contributed by atoms with Gasteiger partial charge in [0.2, 0.25) is 0 Å². The Labute approximate surface area is 163 Å². The number of para-hydroxylation sites is 2. The number of nitriles is 1. The fourth-order valence-corrected chi connectivity index (χ4v) is 2.63. The molecule has 1 aliphatic rings. The number of rotatable bonds is 7. The van der Waals surface area contributed by atoms with Crippen LogP contribution in [-0.2, 0) is 11.3 Å². The summed E-state index contributed by atoms with van der Waals surface area (Å²) in [5.41, 5.74) is 0.899. The van der Waals surface area contributed by atoms with Crippen LogP contribution < -0.4 is 24.8 Å². The second-order valence-electron chi connectivity index (χ2n) is 6.11. The third-order valence-corrected chi connectivity index (χ3v) is 4.14. The number of benzene rings is 2. The number of nitrogens with one attached hydrogen (secondary N) is 2. The summed E-state index contributed by atoms with van der Waals surface area (Å²) in [6.07, 6.45) is 1.18. The van der Waals surface area contributed by atoms with Crippen LogP contribution in [0.5, 0.6) is 17.2 Å². The van der Waals surface area contributed by atoms with Crippen molar-refractivity contribution in [2.45, 2.75) is 12.6 Å². The molecule has 0 saturated carbocycles. The maximum atomic E-state index is 12.2. The largest absolute Gasteiger partial charge is 0.497 e. The lowest BCUT2D eigenvalue weighted by Gasteiger charge is -2.26. The molecule has 0 spiro atoms. The first-order valence-corrected chi connectivity index (χ1v) is 8.83. The number of ether oxygens (including phenoxy) is 3. The molecule has 1 unspecified atom stereocenters. The Morgan fingerprint density at radius 1 is 1.25 bits per heavy atom. The number of carbonyl (C=O) groups is 1. The predicted molar refractivity (Wildman–Crippen MR) is 103 cm³/mol. The van der Waals surface area contributed by atoms with Gasteiger partial charge in [-0.2, -0.15) is 5.26 Å². The summed E-state index contributed by atoms with van der Waals surface area (Å²) >= 11 is 0. The Morgan fingerprint density at radius 3 is 2.71 bits per heavy atom. The second-order valence-corrected chi connectivity index (χ2v) is 6.11. The van der Waals surface area contributed by atoms with Crippen LogP contribution >= 0.6 is 0 Å². The first kappa shape index (κ1) is 19.1. The number of carbonyl (C=O) groups excluding carboxylic acids is 1. The van der Waals surface area contributed by atoms with Gasteiger partial charge in [-0.3, -0.25) is 4.79 Å². The molecule has 2 aromatic carbocycles. The van der Waals surface area contributed by atoms with Crippen molar-refractivity contribution in [2.75, 3.05) is 20.3 Å². The fourth-order valence-electron chi connectivity index (χ4n) is 2.63. The second kappa shape index (κ2) is 9.33. The van der Waals surface area contributed by atoms with Gasteiger partial charge in [0, 0.05) is 12.7 Å². The summed E-state index contributed by atoms with van der Waals surface area (Å²) in [6, 6.07) is 16.7. The summed E-state index contributed by atoms with van der Waals surface area (Å²) in [7, 11) is 1.59. The van der Waals surface area contributed by atoms with Crippen molar-refractivity contribution in [3.63, 3.8) is 0 Å². The third-order valence-electron chi connectivity index (χ3n) is 4.14. The van der Waals surface area contributed by atoms with Crippen LogP contribution in [-0.4, -0.2) is 32.3 Å². The van der Waals surface area contributed by atoms with Crippen molar-refractivity contribution < 1.29 is 19.0 Å². The molecular weight excluding hydrogens is 358 g/mol. The minimum atomic E-state index is -0.447. The zero-order valence-corrected chi connectivity index (χ0v) is 15.5. The summed E-state index contributed by atoms with van der Waals surface area (Å²) in [4.78, 5) is 12.2. The summed E-state index contributed by atoms with van der Waals surface area (Å²) in [5.74, 6) is 1.69. The number of methoxy groups -OCH3 is 1. The Hall–Kier alpha value is -3.66. The molecule has 28 heavy (non-hydrogen) atoms. The molecule has 0 radical (unpaired) electrons. The molecule has 2 aromatic rings. The van der Waals surface area contributed by atoms with Crippen LogP contribution in [0.3, 0.4) is 0 Å². The maximum absolute atomic E-state index is 12.2. The highest BCUT2D eigenvalue weighted by Crippen LogP contribution is 2.30. The molecule has 144 valence electrons. The van der Waals surface area contributed by atoms with E-state index in [0.717, 1.165) is 11.3 Å². The number of amides is 1. The van der Waals surface area contributed by atoms with E-state index in [1.54, 1.807) is 7.11 Å². The van der Waals surface area contributed by atoms with Gasteiger partial charge in [0.1, 0.15) is 30.1 Å². The Kier molecular flexibility index (Phi) is 6.37. The van der Waals surface area contributed by atoms with Crippen molar-refractivity contribution in [1.29, 1.82) is 5.26 Å². The van der Waals surface area contributed by atoms with E-state index in [-0.39, 0.29) is 11.7 Å². The van der Waals surface area contributed by atoms with Crippen LogP contribution in [0.2, 0.25) is 0 Å². The van der Waals surface area contributed by atoms with Gasteiger partial charge in [0.25, 0.3) is 5.91 Å². The van der Waals surface area contributed by atoms with Gasteiger partial charge >= 0.3 is 0 Å². The quantitative estimate of drug-likeness (QED) is 0.566. The van der Waals surface area contributed by atoms with Gasteiger partial charge in [-0.15, -0.1) is 0 Å². The fraction of sp³-hybridized carbons (Fsp3) is 0.238. The zero-order valence-electron chi connectivity index (χ0n) is 15.5. The number of fused-ring (bicyclic) bond motifs is 1. The Bertz CT molecular complexity index is 887. The van der Waals surface area contributed by atoms with Crippen LogP contribution in [0.1, 0.15) is 5.56 Å². The normalized spacial score (nSPS) is 15.3. The molecule has 0 fully saturated rings. The molecule has 1 aliphatic heterocycles. The average Bonchev–Trinajstić information content (AvgIpc) is 2.75. The molecule has 0 aromatic heterocycles. The van der Waals surface area contributed by atoms with E-state index in [1.807, 2.05) is 54.6 Å². The molecule has 1 heterocycles. The molecule has 0 aliphatic carbocycles. The van der Waals surface area contributed by atoms with Crippen LogP contribution in [0.15, 0.2) is 60.3 Å². The van der Waals surface area contributed by atoms with E-state index in [2.05, 4.69) is 10.6 Å². The van der Waals surface area contributed by atoms with Crippen molar-refractivity contribution in [1.82, 2.24) is 10.6 Å². The number of hydrogen-bond donors (Lipinski definition) is 2. The maximum Gasteiger partial charge on any atom is 0.263 e. The van der Waals surface area contributed by atoms with Crippen LogP contribution in [0.4, 0.5) is 0 Å². The van der Waals surface area contributed by atoms with Gasteiger partial charge in [0.05, 0.1) is 13.7 Å². The van der Waals surface area contributed by atoms with E-state index in [1.165, 1.54) is 6.20 Å². The topological polar surface area (TPSA) is 92.6 Å². The highest BCUT2D eigenvalue weighted by atomic mass is 16.6. The summed E-state index contributed by atoms with van der Waals surface area (Å²) in [6.45, 7) is 1.12.